The normalized spacial score (nSPS) is 13.9. The van der Waals surface area contributed by atoms with Crippen LogP contribution >= 0.6 is 11.8 Å². The molecule has 0 heterocycles. The second-order valence-corrected chi connectivity index (χ2v) is 5.47. The highest BCUT2D eigenvalue weighted by Crippen LogP contribution is 2.03. The zero-order valence-corrected chi connectivity index (χ0v) is 11.9. The third kappa shape index (κ3) is 5.56. The Kier molecular flexibility index (Phi) is 6.83. The van der Waals surface area contributed by atoms with Gasteiger partial charge in [-0.15, -0.1) is 0 Å². The number of nitrogens with two attached hydrogens (primary N) is 1. The Balaban J connectivity index is 2.37. The Morgan fingerprint density at radius 1 is 1.39 bits per heavy atom. The summed E-state index contributed by atoms with van der Waals surface area (Å²) in [6.45, 7) is 2.02. The molecular weight excluding hydrogens is 244 g/mol. The lowest BCUT2D eigenvalue weighted by molar-refractivity contribution is -0.122. The number of hydrogen-bond donors (Lipinski definition) is 2. The molecule has 2 atom stereocenters. The molecule has 3 N–H and O–H groups in total. The van der Waals surface area contributed by atoms with E-state index in [1.807, 2.05) is 37.3 Å². The van der Waals surface area contributed by atoms with Crippen molar-refractivity contribution in [2.24, 2.45) is 5.73 Å². The highest BCUT2D eigenvalue weighted by Gasteiger charge is 2.15. The summed E-state index contributed by atoms with van der Waals surface area (Å²) < 4.78 is 0. The molecule has 1 aromatic rings. The largest absolute Gasteiger partial charge is 0.352 e. The zero-order valence-electron chi connectivity index (χ0n) is 11.1. The minimum atomic E-state index is -0.468. The van der Waals surface area contributed by atoms with Crippen molar-refractivity contribution in [1.82, 2.24) is 5.32 Å². The highest BCUT2D eigenvalue weighted by atomic mass is 32.2. The van der Waals surface area contributed by atoms with Gasteiger partial charge in [-0.2, -0.15) is 11.8 Å². The maximum Gasteiger partial charge on any atom is 0.237 e. The first-order valence-electron chi connectivity index (χ1n) is 6.22. The Morgan fingerprint density at radius 2 is 2.06 bits per heavy atom. The summed E-state index contributed by atoms with van der Waals surface area (Å²) in [5.74, 6) is 0.988. The minimum absolute atomic E-state index is 0.0625. The molecule has 0 bridgehead atoms. The second-order valence-electron chi connectivity index (χ2n) is 4.49. The molecule has 0 aliphatic heterocycles. The molecule has 1 rings (SSSR count). The van der Waals surface area contributed by atoms with Gasteiger partial charge in [-0.25, -0.2) is 0 Å². The third-order valence-corrected chi connectivity index (χ3v) is 3.42. The van der Waals surface area contributed by atoms with Gasteiger partial charge in [0.1, 0.15) is 0 Å². The molecule has 0 aliphatic carbocycles. The van der Waals surface area contributed by atoms with E-state index < -0.39 is 6.04 Å². The monoisotopic (exact) mass is 266 g/mol. The lowest BCUT2D eigenvalue weighted by Gasteiger charge is -2.17. The number of carbonyl (C=O) groups is 1. The number of benzene rings is 1. The molecule has 100 valence electrons. The first kappa shape index (κ1) is 15.1. The average molecular weight is 266 g/mol. The van der Waals surface area contributed by atoms with Crippen LogP contribution in [0.5, 0.6) is 0 Å². The lowest BCUT2D eigenvalue weighted by Crippen LogP contribution is -2.45. The predicted molar refractivity (Wildman–Crippen MR) is 78.7 cm³/mol. The number of thioether (sulfide) groups is 1. The highest BCUT2D eigenvalue weighted by molar-refractivity contribution is 7.98. The van der Waals surface area contributed by atoms with Gasteiger partial charge < -0.3 is 11.1 Å². The smallest absolute Gasteiger partial charge is 0.237 e. The van der Waals surface area contributed by atoms with Gasteiger partial charge in [-0.05, 0) is 37.3 Å². The fourth-order valence-corrected chi connectivity index (χ4v) is 2.27. The fraction of sp³-hybridized carbons (Fsp3) is 0.500. The van der Waals surface area contributed by atoms with E-state index in [0.717, 1.165) is 17.7 Å². The molecule has 0 fully saturated rings. The van der Waals surface area contributed by atoms with Crippen LogP contribution in [-0.2, 0) is 11.2 Å². The van der Waals surface area contributed by atoms with E-state index in [0.29, 0.717) is 6.42 Å². The SMILES string of the molecule is CSCCC(C)NC(=O)C(N)Cc1ccccc1. The summed E-state index contributed by atoms with van der Waals surface area (Å²) in [5.41, 5.74) is 7.00. The number of rotatable bonds is 7. The van der Waals surface area contributed by atoms with Crippen LogP contribution in [-0.4, -0.2) is 30.0 Å². The Hall–Kier alpha value is -1.00. The van der Waals surface area contributed by atoms with Gasteiger partial charge in [-0.1, -0.05) is 30.3 Å². The van der Waals surface area contributed by atoms with Crippen molar-refractivity contribution in [2.45, 2.75) is 31.8 Å². The topological polar surface area (TPSA) is 55.1 Å². The summed E-state index contributed by atoms with van der Waals surface area (Å²) in [4.78, 5) is 11.9. The number of carbonyl (C=O) groups excluding carboxylic acids is 1. The quantitative estimate of drug-likeness (QED) is 0.791. The Labute approximate surface area is 114 Å². The minimum Gasteiger partial charge on any atom is -0.352 e. The van der Waals surface area contributed by atoms with Crippen molar-refractivity contribution in [3.05, 3.63) is 35.9 Å². The number of amides is 1. The summed E-state index contributed by atoms with van der Waals surface area (Å²) in [7, 11) is 0. The third-order valence-electron chi connectivity index (χ3n) is 2.78. The van der Waals surface area contributed by atoms with Crippen molar-refractivity contribution >= 4 is 17.7 Å². The number of hydrogen-bond acceptors (Lipinski definition) is 3. The van der Waals surface area contributed by atoms with E-state index in [2.05, 4.69) is 11.6 Å². The van der Waals surface area contributed by atoms with E-state index >= 15 is 0 Å². The predicted octanol–water partition coefficient (Wildman–Crippen LogP) is 1.81. The van der Waals surface area contributed by atoms with Gasteiger partial charge in [0.2, 0.25) is 5.91 Å². The zero-order chi connectivity index (χ0) is 13.4. The van der Waals surface area contributed by atoms with Crippen molar-refractivity contribution in [1.29, 1.82) is 0 Å². The van der Waals surface area contributed by atoms with Crippen LogP contribution in [0.1, 0.15) is 18.9 Å². The molecule has 4 heteroatoms. The first-order chi connectivity index (χ1) is 8.63. The van der Waals surface area contributed by atoms with Crippen molar-refractivity contribution in [3.63, 3.8) is 0 Å². The summed E-state index contributed by atoms with van der Waals surface area (Å²) in [6.07, 6.45) is 3.63. The van der Waals surface area contributed by atoms with Crippen LogP contribution in [0, 0.1) is 0 Å². The van der Waals surface area contributed by atoms with Crippen molar-refractivity contribution in [2.75, 3.05) is 12.0 Å². The van der Waals surface area contributed by atoms with Gasteiger partial charge in [0.25, 0.3) is 0 Å². The molecule has 18 heavy (non-hydrogen) atoms. The van der Waals surface area contributed by atoms with E-state index in [9.17, 15) is 4.79 Å². The molecule has 1 amide bonds. The maximum atomic E-state index is 11.9. The second kappa shape index (κ2) is 8.16. The molecule has 2 unspecified atom stereocenters. The van der Waals surface area contributed by atoms with Crippen LogP contribution in [0.4, 0.5) is 0 Å². The molecule has 0 aliphatic rings. The van der Waals surface area contributed by atoms with E-state index in [1.54, 1.807) is 11.8 Å². The molecule has 0 aromatic heterocycles. The van der Waals surface area contributed by atoms with Crippen LogP contribution < -0.4 is 11.1 Å². The summed E-state index contributed by atoms with van der Waals surface area (Å²) >= 11 is 1.79. The molecular formula is C14H22N2OS. The van der Waals surface area contributed by atoms with E-state index in [-0.39, 0.29) is 11.9 Å². The van der Waals surface area contributed by atoms with Crippen LogP contribution in [0.25, 0.3) is 0 Å². The van der Waals surface area contributed by atoms with Crippen LogP contribution in [0.2, 0.25) is 0 Å². The van der Waals surface area contributed by atoms with Gasteiger partial charge >= 0.3 is 0 Å². The van der Waals surface area contributed by atoms with Gasteiger partial charge in [0, 0.05) is 6.04 Å². The Bertz CT molecular complexity index is 356. The number of nitrogens with one attached hydrogen (secondary N) is 1. The van der Waals surface area contributed by atoms with E-state index in [4.69, 9.17) is 5.73 Å². The lowest BCUT2D eigenvalue weighted by atomic mass is 10.1. The first-order valence-corrected chi connectivity index (χ1v) is 7.61. The molecule has 1 aromatic carbocycles. The van der Waals surface area contributed by atoms with E-state index in [1.165, 1.54) is 0 Å². The van der Waals surface area contributed by atoms with Gasteiger partial charge in [0.15, 0.2) is 0 Å². The molecule has 0 radical (unpaired) electrons. The van der Waals surface area contributed by atoms with Crippen molar-refractivity contribution in [3.8, 4) is 0 Å². The summed E-state index contributed by atoms with van der Waals surface area (Å²) in [5, 5.41) is 2.96. The van der Waals surface area contributed by atoms with Crippen LogP contribution in [0.15, 0.2) is 30.3 Å². The van der Waals surface area contributed by atoms with Gasteiger partial charge in [0.05, 0.1) is 6.04 Å². The molecule has 0 saturated heterocycles. The Morgan fingerprint density at radius 3 is 2.67 bits per heavy atom. The fourth-order valence-electron chi connectivity index (χ4n) is 1.68. The molecule has 0 spiro atoms. The van der Waals surface area contributed by atoms with Crippen molar-refractivity contribution < 1.29 is 4.79 Å². The van der Waals surface area contributed by atoms with Gasteiger partial charge in [-0.3, -0.25) is 4.79 Å². The maximum absolute atomic E-state index is 11.9. The van der Waals surface area contributed by atoms with Crippen LogP contribution in [0.3, 0.4) is 0 Å². The average Bonchev–Trinajstić information content (AvgIpc) is 2.37. The summed E-state index contributed by atoms with van der Waals surface area (Å²) in [6, 6.07) is 9.58. The molecule has 3 nitrogen and oxygen atoms in total. The molecule has 0 saturated carbocycles. The standard InChI is InChI=1S/C14H22N2OS/c1-11(8-9-18-2)16-14(17)13(15)10-12-6-4-3-5-7-12/h3-7,11,13H,8-10,15H2,1-2H3,(H,16,17).